The van der Waals surface area contributed by atoms with E-state index in [1.54, 1.807) is 83.1 Å². The Kier molecular flexibility index (Phi) is 57.2. The van der Waals surface area contributed by atoms with Crippen LogP contribution in [0.15, 0.2) is 0 Å². The van der Waals surface area contributed by atoms with Gasteiger partial charge in [0.15, 0.2) is 0 Å². The van der Waals surface area contributed by atoms with E-state index in [2.05, 4.69) is 74.4 Å². The normalized spacial score (nSPS) is 15.8. The van der Waals surface area contributed by atoms with Gasteiger partial charge in [-0.1, -0.05) is 83.1 Å². The second-order valence-electron chi connectivity index (χ2n) is 36.3. The number of rotatable bonds is 69. The van der Waals surface area contributed by atoms with E-state index < -0.39 is 254 Å². The van der Waals surface area contributed by atoms with Crippen molar-refractivity contribution >= 4 is 118 Å². The first-order valence-corrected chi connectivity index (χ1v) is 46.0. The molecule has 0 bridgehead atoms. The molecule has 1 heterocycles. The molecule has 1 fully saturated rings. The summed E-state index contributed by atoms with van der Waals surface area (Å²) in [5.41, 5.74) is 28.8. The van der Waals surface area contributed by atoms with Crippen LogP contribution in [0.4, 0.5) is 0 Å². The second kappa shape index (κ2) is 63.3. The predicted molar refractivity (Wildman–Crippen MR) is 482 cm³/mol. The monoisotopic (exact) mass is 1860 g/mol. The number of hydrogen-bond donors (Lipinski definition) is 23. The summed E-state index contributed by atoms with van der Waals surface area (Å²) in [4.78, 5) is 276. The molecule has 0 aromatic carbocycles. The Morgan fingerprint density at radius 3 is 0.702 bits per heavy atom. The van der Waals surface area contributed by atoms with E-state index in [9.17, 15) is 112 Å². The zero-order chi connectivity index (χ0) is 99.5. The largest absolute Gasteiger partial charge is 0.481 e. The van der Waals surface area contributed by atoms with Crippen molar-refractivity contribution < 1.29 is 116 Å². The zero-order valence-electron chi connectivity index (χ0n) is 78.7. The summed E-state index contributed by atoms with van der Waals surface area (Å²) in [6.07, 6.45) is -2.11. The van der Waals surface area contributed by atoms with E-state index in [4.69, 9.17) is 28.7 Å². The minimum atomic E-state index is -1.72. The van der Waals surface area contributed by atoms with Crippen LogP contribution >= 0.6 is 0 Å². The fraction of sp³-hybridized carbons (Fsp3) is 0.770. The van der Waals surface area contributed by atoms with Gasteiger partial charge in [0.25, 0.3) is 0 Å². The van der Waals surface area contributed by atoms with Gasteiger partial charge in [-0.25, -0.2) is 0 Å². The third kappa shape index (κ3) is 48.8. The number of amides is 16. The third-order valence-electron chi connectivity index (χ3n) is 21.4. The summed E-state index contributed by atoms with van der Waals surface area (Å²) in [6, 6.07) is -21.6. The maximum Gasteiger partial charge on any atom is 0.303 e. The molecule has 0 aromatic heterocycles. The van der Waals surface area contributed by atoms with E-state index in [0.29, 0.717) is 32.1 Å². The van der Waals surface area contributed by atoms with Crippen molar-refractivity contribution in [3.8, 4) is 0 Å². The highest BCUT2D eigenvalue weighted by atomic mass is 16.4. The molecular weight excluding hydrogens is 1710 g/mol. The molecule has 1 aliphatic rings. The smallest absolute Gasteiger partial charge is 0.303 e. The molecular formula is C87H154N20O24. The SMILES string of the molecule is CC(=O)N[C@@H](CCC(=O)O)C(=O)N[C@@H](CCCCN)C(=O)N[C@@H](CC(C)C)C(=O)N[C@@H](CC(C)C)C(=O)N[C@@H](CCCCN)C(=O)N[C@@H](CCC(=O)O)C(=O)N[C@@H](CC(C)C)C(=O)N1CCC[C@H]1C(=O)N[C@@H](CCC(=O)O)C(=O)N[C@@H](CCCCN)C(=O)N[C@@H](CC(C)C)C(=O)N[C@@H](CC(C)C)C(=O)N[C@@H](CCCCN)C(=O)N[C@@H](CCC(=O)O)C(=O)N[C@@H](CC(C)C)C(N)=O. The second-order valence-corrected chi connectivity index (χ2v) is 36.3. The van der Waals surface area contributed by atoms with E-state index in [1.807, 2.05) is 0 Å². The number of aliphatic carboxylic acids is 4. The highest BCUT2D eigenvalue weighted by Crippen LogP contribution is 2.23. The van der Waals surface area contributed by atoms with Crippen molar-refractivity contribution in [2.75, 3.05) is 32.7 Å². The molecule has 1 aliphatic heterocycles. The summed E-state index contributed by atoms with van der Waals surface area (Å²) in [5, 5.41) is 75.4. The van der Waals surface area contributed by atoms with Crippen LogP contribution in [0.2, 0.25) is 0 Å². The number of unbranched alkanes of at least 4 members (excludes halogenated alkanes) is 4. The lowest BCUT2D eigenvalue weighted by molar-refractivity contribution is -0.143. The lowest BCUT2D eigenvalue weighted by Gasteiger charge is -2.32. The van der Waals surface area contributed by atoms with Crippen LogP contribution < -0.4 is 103 Å². The fourth-order valence-electron chi connectivity index (χ4n) is 14.7. The number of carbonyl (C=O) groups is 20. The van der Waals surface area contributed by atoms with Gasteiger partial charge in [0, 0.05) is 39.2 Å². The number of nitrogens with one attached hydrogen (secondary N) is 14. The van der Waals surface area contributed by atoms with Gasteiger partial charge in [-0.05, 0) is 216 Å². The molecule has 746 valence electrons. The highest BCUT2D eigenvalue weighted by Gasteiger charge is 2.43. The number of hydrogen-bond acceptors (Lipinski definition) is 24. The van der Waals surface area contributed by atoms with Crippen molar-refractivity contribution in [3.63, 3.8) is 0 Å². The Balaban J connectivity index is 3.81. The molecule has 0 aliphatic carbocycles. The predicted octanol–water partition coefficient (Wildman–Crippen LogP) is -1.48. The van der Waals surface area contributed by atoms with Crippen LogP contribution in [0, 0.1) is 35.5 Å². The van der Waals surface area contributed by atoms with Gasteiger partial charge >= 0.3 is 23.9 Å². The van der Waals surface area contributed by atoms with Crippen LogP contribution in [-0.4, -0.2) is 267 Å². The van der Waals surface area contributed by atoms with E-state index in [1.165, 1.54) is 0 Å². The Hall–Kier alpha value is -10.8. The molecule has 16 amide bonds. The molecule has 1 saturated heterocycles. The average Bonchev–Trinajstić information content (AvgIpc) is 1.75. The first-order chi connectivity index (χ1) is 61.5. The standard InChI is InChI=1S/C87H154N20O24/c1-47(2)41-62(73(92)117)101-80(124)59(29-33-70(111)112)98-74(118)54(23-14-18-36-88)96-82(126)63(42-48(3)4)105-85(129)66(45-51(9)10)103-77(121)57(26-17-21-39-91)95-79(123)61(31-35-72(115)116)100-86(130)68-27-22-40-107(68)87(131)67(46-52(11)12)106-81(125)60(30-34-71(113)114)99-75(119)55(24-15-19-37-89)97-83(127)64(43-49(5)6)104-84(128)65(44-50(7)8)102-76(120)56(25-16-20-38-90)94-78(122)58(93-53(13)108)28-32-69(109)110/h47-52,54-68H,14-46,88-91H2,1-13H3,(H2,92,117)(H,93,108)(H,94,122)(H,95,123)(H,96,126)(H,97,127)(H,98,118)(H,99,119)(H,100,130)(H,101,124)(H,102,120)(H,103,121)(H,104,128)(H,105,129)(H,106,125)(H,109,110)(H,111,112)(H,113,114)(H,115,116)/t54-,55-,56-,57-,58-,59-,60-,61-,62-,63-,64-,65-,66-,67-,68-/m0/s1. The van der Waals surface area contributed by atoms with Crippen molar-refractivity contribution in [2.45, 2.75) is 360 Å². The minimum Gasteiger partial charge on any atom is -0.481 e. The maximum absolute atomic E-state index is 15.1. The Labute approximate surface area is 768 Å². The first-order valence-electron chi connectivity index (χ1n) is 46.0. The highest BCUT2D eigenvalue weighted by molar-refractivity contribution is 6.01. The molecule has 44 nitrogen and oxygen atoms in total. The van der Waals surface area contributed by atoms with Crippen molar-refractivity contribution in [1.29, 1.82) is 0 Å². The van der Waals surface area contributed by atoms with Crippen LogP contribution in [0.1, 0.15) is 270 Å². The fourth-order valence-corrected chi connectivity index (χ4v) is 14.7. The molecule has 15 atom stereocenters. The summed E-state index contributed by atoms with van der Waals surface area (Å²) in [7, 11) is 0. The number of carboxylic acid groups (broad SMARTS) is 4. The molecule has 0 radical (unpaired) electrons. The number of nitrogens with two attached hydrogens (primary N) is 5. The summed E-state index contributed by atoms with van der Waals surface area (Å²) < 4.78 is 0. The average molecular weight is 1860 g/mol. The molecule has 0 saturated carbocycles. The Bertz CT molecular complexity index is 3740. The minimum absolute atomic E-state index is 0.00317. The molecule has 0 unspecified atom stereocenters. The van der Waals surface area contributed by atoms with E-state index >= 15 is 4.79 Å². The molecule has 28 N–H and O–H groups in total. The van der Waals surface area contributed by atoms with Crippen molar-refractivity contribution in [2.24, 2.45) is 64.2 Å². The topological polar surface area (TPSA) is 724 Å². The molecule has 1 rings (SSSR count). The molecule has 0 spiro atoms. The number of nitrogens with zero attached hydrogens (tertiary/aromatic N) is 1. The van der Waals surface area contributed by atoms with Crippen LogP contribution in [0.3, 0.4) is 0 Å². The molecule has 0 aromatic rings. The van der Waals surface area contributed by atoms with Gasteiger partial charge in [-0.15, -0.1) is 0 Å². The van der Waals surface area contributed by atoms with Crippen LogP contribution in [0.25, 0.3) is 0 Å². The van der Waals surface area contributed by atoms with E-state index in [-0.39, 0.29) is 171 Å². The summed E-state index contributed by atoms with van der Waals surface area (Å²) in [5.74, 6) is -21.3. The number of likely N-dealkylation sites (tertiary alicyclic amines) is 1. The van der Waals surface area contributed by atoms with Crippen molar-refractivity contribution in [1.82, 2.24) is 79.3 Å². The Morgan fingerprint density at radius 1 is 0.275 bits per heavy atom. The van der Waals surface area contributed by atoms with Crippen molar-refractivity contribution in [3.05, 3.63) is 0 Å². The number of carboxylic acids is 4. The van der Waals surface area contributed by atoms with Gasteiger partial charge in [-0.2, -0.15) is 0 Å². The Morgan fingerprint density at radius 2 is 0.473 bits per heavy atom. The lowest BCUT2D eigenvalue weighted by atomic mass is 9.98. The van der Waals surface area contributed by atoms with Gasteiger partial charge in [0.1, 0.15) is 90.6 Å². The maximum atomic E-state index is 15.1. The summed E-state index contributed by atoms with van der Waals surface area (Å²) in [6.45, 7) is 22.7. The first kappa shape index (κ1) is 118. The molecule has 131 heavy (non-hydrogen) atoms. The lowest BCUT2D eigenvalue weighted by Crippen LogP contribution is -2.61. The number of primary amides is 1. The number of carbonyl (C=O) groups excluding carboxylic acids is 16. The zero-order valence-corrected chi connectivity index (χ0v) is 78.7. The van der Waals surface area contributed by atoms with Gasteiger partial charge < -0.3 is 128 Å². The van der Waals surface area contributed by atoms with Gasteiger partial charge in [0.2, 0.25) is 94.5 Å². The van der Waals surface area contributed by atoms with Crippen LogP contribution in [0.5, 0.6) is 0 Å². The quantitative estimate of drug-likeness (QED) is 0.0309. The van der Waals surface area contributed by atoms with E-state index in [0.717, 1.165) is 11.8 Å². The van der Waals surface area contributed by atoms with Crippen LogP contribution in [-0.2, 0) is 95.9 Å². The van der Waals surface area contributed by atoms with Gasteiger partial charge in [0.05, 0.1) is 0 Å². The summed E-state index contributed by atoms with van der Waals surface area (Å²) >= 11 is 0. The third-order valence-corrected chi connectivity index (χ3v) is 21.4. The van der Waals surface area contributed by atoms with Gasteiger partial charge in [-0.3, -0.25) is 95.9 Å². The molecule has 44 heteroatoms.